The number of ether oxygens (including phenoxy) is 1. The Morgan fingerprint density at radius 3 is 2.55 bits per heavy atom. The van der Waals surface area contributed by atoms with Crippen molar-refractivity contribution in [3.63, 3.8) is 0 Å². The van der Waals surface area contributed by atoms with Gasteiger partial charge in [0.15, 0.2) is 0 Å². The topological polar surface area (TPSA) is 46.5 Å². The fourth-order valence-corrected chi connectivity index (χ4v) is 2.01. The summed E-state index contributed by atoms with van der Waals surface area (Å²) in [6, 6.07) is 15.4. The molecule has 0 aliphatic carbocycles. The zero-order chi connectivity index (χ0) is 14.4. The Morgan fingerprint density at radius 1 is 1.15 bits per heavy atom. The first-order valence-corrected chi connectivity index (χ1v) is 7.10. The van der Waals surface area contributed by atoms with Crippen LogP contribution in [-0.4, -0.2) is 11.1 Å². The molecular formula is C16H13IO3. The van der Waals surface area contributed by atoms with Gasteiger partial charge in [0.05, 0.1) is 0 Å². The van der Waals surface area contributed by atoms with Crippen LogP contribution in [0, 0.1) is 3.57 Å². The van der Waals surface area contributed by atoms with Gasteiger partial charge in [0, 0.05) is 15.2 Å². The van der Waals surface area contributed by atoms with E-state index >= 15 is 0 Å². The Hall–Kier alpha value is -1.82. The summed E-state index contributed by atoms with van der Waals surface area (Å²) in [5.41, 5.74) is 1.82. The van der Waals surface area contributed by atoms with E-state index in [1.165, 1.54) is 9.65 Å². The van der Waals surface area contributed by atoms with E-state index < -0.39 is 5.97 Å². The minimum absolute atomic E-state index is 0.453. The van der Waals surface area contributed by atoms with Crippen LogP contribution in [0.2, 0.25) is 0 Å². The number of carboxylic acid groups (broad SMARTS) is 1. The average Bonchev–Trinajstić information content (AvgIpc) is 2.45. The average molecular weight is 380 g/mol. The van der Waals surface area contributed by atoms with Crippen molar-refractivity contribution < 1.29 is 14.6 Å². The predicted molar refractivity (Wildman–Crippen MR) is 86.6 cm³/mol. The smallest absolute Gasteiger partial charge is 0.328 e. The van der Waals surface area contributed by atoms with Crippen LogP contribution in [0.25, 0.3) is 6.08 Å². The van der Waals surface area contributed by atoms with E-state index in [0.29, 0.717) is 12.4 Å². The van der Waals surface area contributed by atoms with E-state index in [4.69, 9.17) is 9.84 Å². The number of carboxylic acids is 1. The lowest BCUT2D eigenvalue weighted by Gasteiger charge is -2.09. The molecule has 0 fully saturated rings. The molecule has 0 aliphatic rings. The molecular weight excluding hydrogens is 367 g/mol. The van der Waals surface area contributed by atoms with E-state index in [1.807, 2.05) is 48.5 Å². The first-order valence-electron chi connectivity index (χ1n) is 6.02. The largest absolute Gasteiger partial charge is 0.488 e. The van der Waals surface area contributed by atoms with Crippen molar-refractivity contribution in [1.82, 2.24) is 0 Å². The molecule has 0 spiro atoms. The van der Waals surface area contributed by atoms with E-state index in [2.05, 4.69) is 22.6 Å². The molecule has 0 amide bonds. The molecule has 2 rings (SSSR count). The summed E-state index contributed by atoms with van der Waals surface area (Å²) in [5, 5.41) is 8.67. The van der Waals surface area contributed by atoms with Crippen molar-refractivity contribution in [2.24, 2.45) is 0 Å². The number of para-hydroxylation sites is 1. The van der Waals surface area contributed by atoms with Crippen molar-refractivity contribution in [1.29, 1.82) is 0 Å². The maximum atomic E-state index is 10.6. The monoisotopic (exact) mass is 380 g/mol. The summed E-state index contributed by atoms with van der Waals surface area (Å²) in [6.45, 7) is 0.453. The molecule has 102 valence electrons. The van der Waals surface area contributed by atoms with Crippen molar-refractivity contribution in [3.05, 3.63) is 69.3 Å². The zero-order valence-electron chi connectivity index (χ0n) is 10.6. The molecule has 0 atom stereocenters. The number of halogens is 1. The predicted octanol–water partition coefficient (Wildman–Crippen LogP) is 3.97. The lowest BCUT2D eigenvalue weighted by molar-refractivity contribution is -0.131. The Bertz CT molecular complexity index is 618. The van der Waals surface area contributed by atoms with Gasteiger partial charge in [-0.15, -0.1) is 0 Å². The van der Waals surface area contributed by atoms with Crippen LogP contribution in [0.15, 0.2) is 54.6 Å². The molecule has 0 bridgehead atoms. The molecule has 0 unspecified atom stereocenters. The van der Waals surface area contributed by atoms with Crippen molar-refractivity contribution in [2.75, 3.05) is 0 Å². The van der Waals surface area contributed by atoms with Crippen molar-refractivity contribution in [2.45, 2.75) is 6.61 Å². The van der Waals surface area contributed by atoms with Crippen molar-refractivity contribution in [3.8, 4) is 5.75 Å². The van der Waals surface area contributed by atoms with Crippen LogP contribution in [-0.2, 0) is 11.4 Å². The summed E-state index contributed by atoms with van der Waals surface area (Å²) in [7, 11) is 0. The van der Waals surface area contributed by atoms with E-state index in [0.717, 1.165) is 17.2 Å². The van der Waals surface area contributed by atoms with Gasteiger partial charge in [0.25, 0.3) is 0 Å². The molecule has 0 saturated carbocycles. The van der Waals surface area contributed by atoms with Gasteiger partial charge in [-0.25, -0.2) is 4.79 Å². The molecule has 0 heterocycles. The van der Waals surface area contributed by atoms with E-state index in [-0.39, 0.29) is 0 Å². The van der Waals surface area contributed by atoms with Gasteiger partial charge < -0.3 is 9.84 Å². The molecule has 3 nitrogen and oxygen atoms in total. The lowest BCUT2D eigenvalue weighted by Crippen LogP contribution is -1.97. The fraction of sp³-hybridized carbons (Fsp3) is 0.0625. The van der Waals surface area contributed by atoms with Crippen LogP contribution in [0.5, 0.6) is 5.75 Å². The first-order chi connectivity index (χ1) is 9.65. The van der Waals surface area contributed by atoms with E-state index in [1.54, 1.807) is 0 Å². The number of aliphatic carboxylic acids is 1. The number of rotatable bonds is 5. The molecule has 0 aromatic heterocycles. The number of hydrogen-bond acceptors (Lipinski definition) is 2. The second-order valence-corrected chi connectivity index (χ2v) is 5.37. The van der Waals surface area contributed by atoms with Gasteiger partial charge in [-0.3, -0.25) is 0 Å². The number of benzene rings is 2. The fourth-order valence-electron chi connectivity index (χ4n) is 1.65. The quantitative estimate of drug-likeness (QED) is 0.631. The summed E-state index contributed by atoms with van der Waals surface area (Å²) >= 11 is 2.25. The van der Waals surface area contributed by atoms with Gasteiger partial charge in [-0.2, -0.15) is 0 Å². The summed E-state index contributed by atoms with van der Waals surface area (Å²) in [5.74, 6) is -0.305. The highest BCUT2D eigenvalue weighted by Gasteiger charge is 2.01. The summed E-state index contributed by atoms with van der Waals surface area (Å²) in [6.07, 6.45) is 2.64. The maximum Gasteiger partial charge on any atom is 0.328 e. The second kappa shape index (κ2) is 7.09. The van der Waals surface area contributed by atoms with Gasteiger partial charge >= 0.3 is 5.97 Å². The molecule has 1 N–H and O–H groups in total. The molecule has 2 aromatic rings. The molecule has 4 heteroatoms. The minimum Gasteiger partial charge on any atom is -0.488 e. The Morgan fingerprint density at radius 2 is 1.85 bits per heavy atom. The third kappa shape index (κ3) is 4.38. The highest BCUT2D eigenvalue weighted by atomic mass is 127. The van der Waals surface area contributed by atoms with Crippen LogP contribution in [0.4, 0.5) is 0 Å². The third-order valence-electron chi connectivity index (χ3n) is 2.63. The summed E-state index contributed by atoms with van der Waals surface area (Å²) in [4.78, 5) is 10.6. The maximum absolute atomic E-state index is 10.6. The van der Waals surface area contributed by atoms with Gasteiger partial charge in [0.2, 0.25) is 0 Å². The Balaban J connectivity index is 2.09. The van der Waals surface area contributed by atoms with Crippen LogP contribution in [0.3, 0.4) is 0 Å². The molecule has 20 heavy (non-hydrogen) atoms. The SMILES string of the molecule is O=C(O)C=Cc1ccccc1OCc1ccc(I)cc1. The van der Waals surface area contributed by atoms with Crippen LogP contribution in [0.1, 0.15) is 11.1 Å². The lowest BCUT2D eigenvalue weighted by atomic mass is 10.2. The van der Waals surface area contributed by atoms with Gasteiger partial charge in [-0.05, 0) is 52.4 Å². The second-order valence-electron chi connectivity index (χ2n) is 4.12. The molecule has 0 saturated heterocycles. The molecule has 0 aliphatic heterocycles. The van der Waals surface area contributed by atoms with Gasteiger partial charge in [-0.1, -0.05) is 30.3 Å². The first kappa shape index (κ1) is 14.6. The van der Waals surface area contributed by atoms with Gasteiger partial charge in [0.1, 0.15) is 12.4 Å². The van der Waals surface area contributed by atoms with Crippen LogP contribution < -0.4 is 4.74 Å². The Labute approximate surface area is 131 Å². The number of hydrogen-bond donors (Lipinski definition) is 1. The van der Waals surface area contributed by atoms with Crippen LogP contribution >= 0.6 is 22.6 Å². The normalized spacial score (nSPS) is 10.7. The standard InChI is InChI=1S/C16H13IO3/c17-14-8-5-12(6-9-14)11-20-15-4-2-1-3-13(15)7-10-16(18)19/h1-10H,11H2,(H,18,19). The zero-order valence-corrected chi connectivity index (χ0v) is 12.8. The Kier molecular flexibility index (Phi) is 5.17. The highest BCUT2D eigenvalue weighted by Crippen LogP contribution is 2.21. The summed E-state index contributed by atoms with van der Waals surface area (Å²) < 4.78 is 6.93. The minimum atomic E-state index is -0.975. The molecule has 2 aromatic carbocycles. The number of carbonyl (C=O) groups is 1. The van der Waals surface area contributed by atoms with Crippen molar-refractivity contribution >= 4 is 34.6 Å². The highest BCUT2D eigenvalue weighted by molar-refractivity contribution is 14.1. The molecule has 0 radical (unpaired) electrons. The van der Waals surface area contributed by atoms with E-state index in [9.17, 15) is 4.79 Å². The third-order valence-corrected chi connectivity index (χ3v) is 3.35.